The summed E-state index contributed by atoms with van der Waals surface area (Å²) in [5.41, 5.74) is -4.47. The van der Waals surface area contributed by atoms with Crippen LogP contribution in [0, 0.1) is 23.3 Å². The van der Waals surface area contributed by atoms with Gasteiger partial charge in [-0.1, -0.05) is 0 Å². The highest BCUT2D eigenvalue weighted by atomic mass is 19.3. The molecule has 1 aromatic rings. The Morgan fingerprint density at radius 2 is 0.800 bits per heavy atom. The molecule has 0 N–H and O–H groups in total. The predicted molar refractivity (Wildman–Crippen MR) is 44.8 cm³/mol. The number of carbonyl (C=O) groups is 2. The van der Waals surface area contributed by atoms with Crippen LogP contribution in [0.4, 0.5) is 35.1 Å². The van der Waals surface area contributed by atoms with E-state index < -0.39 is 57.8 Å². The first-order chi connectivity index (χ1) is 8.96. The fraction of sp³-hybridized carbons (Fsp3) is 0.200. The summed E-state index contributed by atoms with van der Waals surface area (Å²) in [5.74, 6) is -28.0. The van der Waals surface area contributed by atoms with Crippen molar-refractivity contribution in [2.24, 2.45) is 0 Å². The minimum Gasteiger partial charge on any atom is -0.287 e. The maximum atomic E-state index is 13.2. The number of fused-ring (bicyclic) bond motifs is 1. The Labute approximate surface area is 104 Å². The van der Waals surface area contributed by atoms with Crippen molar-refractivity contribution < 1.29 is 44.7 Å². The molecule has 0 saturated heterocycles. The minimum atomic E-state index is -5.70. The van der Waals surface area contributed by atoms with E-state index >= 15 is 0 Å². The van der Waals surface area contributed by atoms with E-state index in [0.29, 0.717) is 0 Å². The summed E-state index contributed by atoms with van der Waals surface area (Å²) in [6, 6.07) is 0. The Bertz CT molecular complexity index is 607. The molecule has 2 nitrogen and oxygen atoms in total. The maximum absolute atomic E-state index is 13.2. The third-order valence-electron chi connectivity index (χ3n) is 2.69. The molecule has 0 radical (unpaired) electrons. The highest BCUT2D eigenvalue weighted by Gasteiger charge is 2.71. The van der Waals surface area contributed by atoms with Gasteiger partial charge in [0.05, 0.1) is 11.1 Å². The van der Waals surface area contributed by atoms with Gasteiger partial charge in [0.15, 0.2) is 23.3 Å². The molecule has 1 aliphatic carbocycles. The molecular weight excluding hydrogens is 304 g/mol. The molecule has 0 atom stereocenters. The van der Waals surface area contributed by atoms with Crippen molar-refractivity contribution in [3.05, 3.63) is 34.4 Å². The van der Waals surface area contributed by atoms with Crippen LogP contribution in [0.3, 0.4) is 0 Å². The van der Waals surface area contributed by atoms with E-state index in [1.54, 1.807) is 0 Å². The molecule has 0 saturated carbocycles. The molecule has 0 aromatic heterocycles. The number of carbonyl (C=O) groups excluding carboxylic acids is 2. The third-order valence-corrected chi connectivity index (χ3v) is 2.69. The summed E-state index contributed by atoms with van der Waals surface area (Å²) >= 11 is 0. The third kappa shape index (κ3) is 1.38. The lowest BCUT2D eigenvalue weighted by Gasteiger charge is -2.30. The summed E-state index contributed by atoms with van der Waals surface area (Å²) in [4.78, 5) is 22.1. The van der Waals surface area contributed by atoms with Crippen LogP contribution < -0.4 is 0 Å². The monoisotopic (exact) mass is 304 g/mol. The molecule has 20 heavy (non-hydrogen) atoms. The maximum Gasteiger partial charge on any atom is 0.379 e. The molecule has 0 heterocycles. The van der Waals surface area contributed by atoms with Crippen molar-refractivity contribution in [2.45, 2.75) is 11.8 Å². The number of rotatable bonds is 0. The van der Waals surface area contributed by atoms with E-state index in [-0.39, 0.29) is 0 Å². The predicted octanol–water partition coefficient (Wildman–Crippen LogP) is 2.89. The largest absolute Gasteiger partial charge is 0.379 e. The molecule has 0 amide bonds. The van der Waals surface area contributed by atoms with Crippen LogP contribution in [0.15, 0.2) is 0 Å². The fourth-order valence-corrected chi connectivity index (χ4v) is 1.66. The average Bonchev–Trinajstić information content (AvgIpc) is 2.37. The summed E-state index contributed by atoms with van der Waals surface area (Å²) in [7, 11) is 0. The molecular formula is C10F8O2. The molecule has 2 rings (SSSR count). The lowest BCUT2D eigenvalue weighted by molar-refractivity contribution is -0.150. The van der Waals surface area contributed by atoms with Crippen LogP contribution in [0.25, 0.3) is 0 Å². The standard InChI is InChI=1S/C10F8O2/c11-3-1-2(4(12)6(14)5(3)13)8(20)10(17,18)9(15,16)7(1)19. The lowest BCUT2D eigenvalue weighted by Crippen LogP contribution is -2.57. The van der Waals surface area contributed by atoms with Gasteiger partial charge < -0.3 is 0 Å². The Hall–Kier alpha value is -2.00. The zero-order valence-corrected chi connectivity index (χ0v) is 8.84. The molecule has 1 aliphatic rings. The summed E-state index contributed by atoms with van der Waals surface area (Å²) in [6.45, 7) is 0. The van der Waals surface area contributed by atoms with Crippen molar-refractivity contribution in [1.82, 2.24) is 0 Å². The van der Waals surface area contributed by atoms with Gasteiger partial charge in [0, 0.05) is 0 Å². The topological polar surface area (TPSA) is 34.1 Å². The van der Waals surface area contributed by atoms with E-state index in [1.807, 2.05) is 0 Å². The second kappa shape index (κ2) is 3.76. The second-order valence-corrected chi connectivity index (χ2v) is 3.81. The highest BCUT2D eigenvalue weighted by molar-refractivity contribution is 6.21. The van der Waals surface area contributed by atoms with Crippen molar-refractivity contribution in [3.8, 4) is 0 Å². The molecule has 0 fully saturated rings. The van der Waals surface area contributed by atoms with Crippen molar-refractivity contribution in [3.63, 3.8) is 0 Å². The van der Waals surface area contributed by atoms with Gasteiger partial charge in [0.1, 0.15) is 0 Å². The Morgan fingerprint density at radius 3 is 1.05 bits per heavy atom. The molecule has 0 bridgehead atoms. The van der Waals surface area contributed by atoms with Crippen LogP contribution >= 0.6 is 0 Å². The van der Waals surface area contributed by atoms with E-state index in [2.05, 4.69) is 0 Å². The van der Waals surface area contributed by atoms with Gasteiger partial charge in [0.2, 0.25) is 11.6 Å². The van der Waals surface area contributed by atoms with E-state index in [4.69, 9.17) is 0 Å². The van der Waals surface area contributed by atoms with Gasteiger partial charge in [-0.25, -0.2) is 17.6 Å². The van der Waals surface area contributed by atoms with Crippen LogP contribution in [0.5, 0.6) is 0 Å². The number of alkyl halides is 4. The van der Waals surface area contributed by atoms with Crippen molar-refractivity contribution >= 4 is 11.6 Å². The quantitative estimate of drug-likeness (QED) is 0.419. The summed E-state index contributed by atoms with van der Waals surface area (Å²) in [5, 5.41) is 0. The van der Waals surface area contributed by atoms with Crippen LogP contribution in [0.2, 0.25) is 0 Å². The van der Waals surface area contributed by atoms with Crippen LogP contribution in [0.1, 0.15) is 20.7 Å². The Kier molecular flexibility index (Phi) is 2.71. The smallest absolute Gasteiger partial charge is 0.287 e. The van der Waals surface area contributed by atoms with Gasteiger partial charge in [-0.05, 0) is 0 Å². The molecule has 10 heteroatoms. The van der Waals surface area contributed by atoms with Gasteiger partial charge >= 0.3 is 11.8 Å². The molecule has 0 aliphatic heterocycles. The molecule has 0 unspecified atom stereocenters. The average molecular weight is 304 g/mol. The van der Waals surface area contributed by atoms with Gasteiger partial charge in [-0.3, -0.25) is 9.59 Å². The Morgan fingerprint density at radius 1 is 0.550 bits per heavy atom. The van der Waals surface area contributed by atoms with E-state index in [0.717, 1.165) is 0 Å². The first-order valence-corrected chi connectivity index (χ1v) is 4.67. The van der Waals surface area contributed by atoms with E-state index in [1.165, 1.54) is 0 Å². The Balaban J connectivity index is 2.99. The molecule has 108 valence electrons. The van der Waals surface area contributed by atoms with Crippen LogP contribution in [-0.4, -0.2) is 23.4 Å². The zero-order valence-electron chi connectivity index (χ0n) is 8.84. The second-order valence-electron chi connectivity index (χ2n) is 3.81. The van der Waals surface area contributed by atoms with E-state index in [9.17, 15) is 44.7 Å². The van der Waals surface area contributed by atoms with Crippen molar-refractivity contribution in [1.29, 1.82) is 0 Å². The molecule has 0 spiro atoms. The zero-order chi connectivity index (χ0) is 15.6. The normalized spacial score (nSPS) is 20.0. The summed E-state index contributed by atoms with van der Waals surface area (Å²) < 4.78 is 104. The van der Waals surface area contributed by atoms with Crippen molar-refractivity contribution in [2.75, 3.05) is 0 Å². The number of hydrogen-bond donors (Lipinski definition) is 0. The fourth-order valence-electron chi connectivity index (χ4n) is 1.66. The number of Topliss-reactive ketones (excluding diaryl/α,β-unsaturated/α-hetero) is 2. The first-order valence-electron chi connectivity index (χ1n) is 4.67. The lowest BCUT2D eigenvalue weighted by atomic mass is 9.83. The van der Waals surface area contributed by atoms with Gasteiger partial charge in [0.25, 0.3) is 0 Å². The van der Waals surface area contributed by atoms with Gasteiger partial charge in [-0.2, -0.15) is 17.6 Å². The first kappa shape index (κ1) is 14.4. The SMILES string of the molecule is O=C1c2c(F)c(F)c(F)c(F)c2C(=O)C(F)(F)C1(F)F. The van der Waals surface area contributed by atoms with Gasteiger partial charge in [-0.15, -0.1) is 0 Å². The molecule has 1 aromatic carbocycles. The summed E-state index contributed by atoms with van der Waals surface area (Å²) in [6.07, 6.45) is 0. The van der Waals surface area contributed by atoms with Crippen LogP contribution in [-0.2, 0) is 0 Å². The number of halogens is 8. The number of hydrogen-bond acceptors (Lipinski definition) is 2. The number of ketones is 2. The minimum absolute atomic E-state index is 2.23. The number of benzene rings is 1. The highest BCUT2D eigenvalue weighted by Crippen LogP contribution is 2.46.